The van der Waals surface area contributed by atoms with E-state index in [1.54, 1.807) is 6.20 Å². The summed E-state index contributed by atoms with van der Waals surface area (Å²) >= 11 is 1.53. The van der Waals surface area contributed by atoms with Gasteiger partial charge in [-0.3, -0.25) is 9.69 Å². The zero-order valence-electron chi connectivity index (χ0n) is 18.1. The Morgan fingerprint density at radius 1 is 1.25 bits per heavy atom. The van der Waals surface area contributed by atoms with Crippen LogP contribution in [0, 0.1) is 6.92 Å². The van der Waals surface area contributed by atoms with Gasteiger partial charge in [0.1, 0.15) is 22.8 Å². The molecule has 0 bridgehead atoms. The second-order valence-corrected chi connectivity index (χ2v) is 9.81. The molecule has 8 nitrogen and oxygen atoms in total. The molecular formula is C23H28N6O2S. The lowest BCUT2D eigenvalue weighted by atomic mass is 9.81. The summed E-state index contributed by atoms with van der Waals surface area (Å²) in [5, 5.41) is 20.8. The summed E-state index contributed by atoms with van der Waals surface area (Å²) in [6.07, 6.45) is 6.68. The number of aliphatic hydroxyl groups is 1. The highest BCUT2D eigenvalue weighted by molar-refractivity contribution is 7.09. The number of rotatable bonds is 6. The lowest BCUT2D eigenvalue weighted by molar-refractivity contribution is -0.121. The minimum atomic E-state index is -0.765. The van der Waals surface area contributed by atoms with Crippen LogP contribution >= 0.6 is 11.3 Å². The molecule has 32 heavy (non-hydrogen) atoms. The molecule has 0 radical (unpaired) electrons. The lowest BCUT2D eigenvalue weighted by Gasteiger charge is -2.47. The molecule has 1 saturated heterocycles. The number of hydrogen-bond acceptors (Lipinski definition) is 8. The fourth-order valence-corrected chi connectivity index (χ4v) is 5.56. The molecule has 2 aliphatic rings. The molecule has 9 heteroatoms. The maximum absolute atomic E-state index is 12.4. The minimum absolute atomic E-state index is 0.0316. The molecule has 5 rings (SSSR count). The molecule has 0 atom stereocenters. The summed E-state index contributed by atoms with van der Waals surface area (Å²) in [4.78, 5) is 27.8. The monoisotopic (exact) mass is 452 g/mol. The Labute approximate surface area is 191 Å². The van der Waals surface area contributed by atoms with Gasteiger partial charge in [0, 0.05) is 36.1 Å². The number of aryl methyl sites for hydroxylation is 1. The molecule has 3 N–H and O–H groups in total. The third-order valence-corrected chi connectivity index (χ3v) is 7.58. The number of nitrogens with zero attached hydrogens (tertiary/aromatic N) is 4. The zero-order valence-corrected chi connectivity index (χ0v) is 18.9. The summed E-state index contributed by atoms with van der Waals surface area (Å²) < 4.78 is 0. The van der Waals surface area contributed by atoms with E-state index in [1.165, 1.54) is 17.7 Å². The molecule has 0 unspecified atom stereocenters. The maximum atomic E-state index is 12.4. The largest absolute Gasteiger partial charge is 0.383 e. The second-order valence-electron chi connectivity index (χ2n) is 8.91. The van der Waals surface area contributed by atoms with Crippen LogP contribution in [0.5, 0.6) is 0 Å². The lowest BCUT2D eigenvalue weighted by Crippen LogP contribution is -2.63. The summed E-state index contributed by atoms with van der Waals surface area (Å²) in [5.41, 5.74) is 1.22. The van der Waals surface area contributed by atoms with E-state index in [4.69, 9.17) is 0 Å². The van der Waals surface area contributed by atoms with Gasteiger partial charge in [-0.05, 0) is 44.7 Å². The molecule has 3 aromatic rings. The van der Waals surface area contributed by atoms with Crippen molar-refractivity contribution >= 4 is 34.0 Å². The van der Waals surface area contributed by atoms with Crippen molar-refractivity contribution in [2.24, 2.45) is 0 Å². The molecule has 1 aliphatic heterocycles. The Hall–Kier alpha value is -2.62. The number of aromatic nitrogens is 3. The SMILES string of the molecule is Cc1ccc2ncnc(NCC(=O)NC3CN([C@H]4CC[C@@](O)(c5nccs5)CC4)C3)c2c1. The minimum Gasteiger partial charge on any atom is -0.383 e. The first kappa shape index (κ1) is 21.2. The molecule has 1 saturated carbocycles. The Kier molecular flexibility index (Phi) is 5.79. The summed E-state index contributed by atoms with van der Waals surface area (Å²) in [5.74, 6) is 0.648. The normalized spacial score (nSPS) is 24.2. The van der Waals surface area contributed by atoms with E-state index in [0.717, 1.165) is 60.2 Å². The molecule has 168 valence electrons. The Bertz CT molecular complexity index is 1090. The van der Waals surface area contributed by atoms with Gasteiger partial charge in [0.25, 0.3) is 0 Å². The van der Waals surface area contributed by atoms with Gasteiger partial charge in [-0.25, -0.2) is 15.0 Å². The standard InChI is InChI=1S/C23H28N6O2S/c1-15-2-3-19-18(10-15)21(27-14-26-19)25-11-20(30)28-16-12-29(13-16)17-4-6-23(31,7-5-17)22-24-8-9-32-22/h2-3,8-10,14,16-17,31H,4-7,11-13H2,1H3,(H,28,30)(H,25,26,27)/t17-,23-. The van der Waals surface area contributed by atoms with Crippen molar-refractivity contribution < 1.29 is 9.90 Å². The number of carbonyl (C=O) groups is 1. The van der Waals surface area contributed by atoms with Crippen LogP contribution in [-0.4, -0.2) is 62.6 Å². The van der Waals surface area contributed by atoms with E-state index in [2.05, 4.69) is 30.5 Å². The first-order valence-corrected chi connectivity index (χ1v) is 12.0. The van der Waals surface area contributed by atoms with Crippen molar-refractivity contribution in [1.29, 1.82) is 0 Å². The van der Waals surface area contributed by atoms with Crippen molar-refractivity contribution in [2.45, 2.75) is 50.3 Å². The molecule has 1 aromatic carbocycles. The van der Waals surface area contributed by atoms with Gasteiger partial charge in [-0.15, -0.1) is 11.3 Å². The average molecular weight is 453 g/mol. The maximum Gasteiger partial charge on any atom is 0.239 e. The first-order valence-electron chi connectivity index (χ1n) is 11.1. The van der Waals surface area contributed by atoms with Gasteiger partial charge in [0.15, 0.2) is 0 Å². The molecule has 1 aliphatic carbocycles. The van der Waals surface area contributed by atoms with Crippen molar-refractivity contribution in [1.82, 2.24) is 25.2 Å². The Morgan fingerprint density at radius 2 is 2.06 bits per heavy atom. The number of benzene rings is 1. The summed E-state index contributed by atoms with van der Waals surface area (Å²) in [6.45, 7) is 3.93. The van der Waals surface area contributed by atoms with E-state index in [0.29, 0.717) is 11.9 Å². The Morgan fingerprint density at radius 3 is 2.81 bits per heavy atom. The fraction of sp³-hybridized carbons (Fsp3) is 0.478. The smallest absolute Gasteiger partial charge is 0.239 e. The first-order chi connectivity index (χ1) is 15.5. The fourth-order valence-electron chi connectivity index (χ4n) is 4.77. The van der Waals surface area contributed by atoms with Crippen molar-refractivity contribution in [3.63, 3.8) is 0 Å². The van der Waals surface area contributed by atoms with Gasteiger partial charge >= 0.3 is 0 Å². The quantitative estimate of drug-likeness (QED) is 0.528. The highest BCUT2D eigenvalue weighted by Crippen LogP contribution is 2.40. The van der Waals surface area contributed by atoms with Crippen LogP contribution in [0.2, 0.25) is 0 Å². The third kappa shape index (κ3) is 4.32. The van der Waals surface area contributed by atoms with E-state index in [-0.39, 0.29) is 18.5 Å². The summed E-state index contributed by atoms with van der Waals surface area (Å²) in [7, 11) is 0. The number of likely N-dealkylation sites (tertiary alicyclic amines) is 1. The van der Waals surface area contributed by atoms with Crippen molar-refractivity contribution in [3.05, 3.63) is 46.7 Å². The molecule has 2 fully saturated rings. The zero-order chi connectivity index (χ0) is 22.1. The van der Waals surface area contributed by atoms with Crippen molar-refractivity contribution in [2.75, 3.05) is 25.0 Å². The predicted octanol–water partition coefficient (Wildman–Crippen LogP) is 2.44. The Balaban J connectivity index is 1.07. The van der Waals surface area contributed by atoms with E-state index < -0.39 is 5.60 Å². The van der Waals surface area contributed by atoms with Crippen LogP contribution in [0.1, 0.15) is 36.3 Å². The van der Waals surface area contributed by atoms with Crippen LogP contribution in [-0.2, 0) is 10.4 Å². The number of thiazole rings is 1. The van der Waals surface area contributed by atoms with Crippen LogP contribution in [0.3, 0.4) is 0 Å². The van der Waals surface area contributed by atoms with Crippen LogP contribution in [0.25, 0.3) is 10.9 Å². The molecule has 0 spiro atoms. The number of hydrogen-bond donors (Lipinski definition) is 3. The molecule has 2 aromatic heterocycles. The van der Waals surface area contributed by atoms with Crippen LogP contribution < -0.4 is 10.6 Å². The van der Waals surface area contributed by atoms with Crippen molar-refractivity contribution in [3.8, 4) is 0 Å². The number of fused-ring (bicyclic) bond motifs is 1. The number of amides is 1. The summed E-state index contributed by atoms with van der Waals surface area (Å²) in [6, 6.07) is 6.65. The van der Waals surface area contributed by atoms with Gasteiger partial charge in [-0.1, -0.05) is 11.6 Å². The third-order valence-electron chi connectivity index (χ3n) is 6.61. The molecule has 3 heterocycles. The topological polar surface area (TPSA) is 103 Å². The number of nitrogens with one attached hydrogen (secondary N) is 2. The van der Waals surface area contributed by atoms with E-state index in [1.807, 2.05) is 30.5 Å². The van der Waals surface area contributed by atoms with Crippen LogP contribution in [0.4, 0.5) is 5.82 Å². The van der Waals surface area contributed by atoms with Gasteiger partial charge in [-0.2, -0.15) is 0 Å². The number of carbonyl (C=O) groups excluding carboxylic acids is 1. The van der Waals surface area contributed by atoms with Gasteiger partial charge in [0.05, 0.1) is 18.1 Å². The van der Waals surface area contributed by atoms with Gasteiger partial charge in [0.2, 0.25) is 5.91 Å². The highest BCUT2D eigenvalue weighted by Gasteiger charge is 2.41. The van der Waals surface area contributed by atoms with Gasteiger partial charge < -0.3 is 15.7 Å². The second kappa shape index (κ2) is 8.73. The van der Waals surface area contributed by atoms with E-state index in [9.17, 15) is 9.90 Å². The predicted molar refractivity (Wildman–Crippen MR) is 125 cm³/mol. The highest BCUT2D eigenvalue weighted by atomic mass is 32.1. The average Bonchev–Trinajstić information content (AvgIpc) is 3.31. The van der Waals surface area contributed by atoms with Crippen LogP contribution in [0.15, 0.2) is 36.1 Å². The molecular weight excluding hydrogens is 424 g/mol. The molecule has 1 amide bonds. The van der Waals surface area contributed by atoms with E-state index >= 15 is 0 Å². The number of anilines is 1.